The van der Waals surface area contributed by atoms with Crippen molar-refractivity contribution in [3.8, 4) is 5.75 Å². The molecule has 0 saturated carbocycles. The molecule has 1 aliphatic rings. The SMILES string of the molecule is Cc1cc2n(n1)CCN(C(=O)c1cnc3c(O)cccn3c1=O)C2. The summed E-state index contributed by atoms with van der Waals surface area (Å²) in [6.45, 7) is 3.39. The van der Waals surface area contributed by atoms with Crippen molar-refractivity contribution in [2.24, 2.45) is 0 Å². The van der Waals surface area contributed by atoms with E-state index < -0.39 is 5.56 Å². The van der Waals surface area contributed by atoms with E-state index in [0.29, 0.717) is 19.6 Å². The molecule has 0 bridgehead atoms. The number of amides is 1. The summed E-state index contributed by atoms with van der Waals surface area (Å²) >= 11 is 0. The Labute approximate surface area is 136 Å². The van der Waals surface area contributed by atoms with Crippen LogP contribution in [-0.4, -0.2) is 41.6 Å². The summed E-state index contributed by atoms with van der Waals surface area (Å²) in [6, 6.07) is 4.91. The number of carbonyl (C=O) groups is 1. The Balaban J connectivity index is 1.72. The zero-order chi connectivity index (χ0) is 16.8. The second kappa shape index (κ2) is 5.19. The molecule has 0 aliphatic carbocycles. The first-order valence-corrected chi connectivity index (χ1v) is 7.56. The quantitative estimate of drug-likeness (QED) is 0.706. The van der Waals surface area contributed by atoms with Gasteiger partial charge in [-0.2, -0.15) is 5.10 Å². The summed E-state index contributed by atoms with van der Waals surface area (Å²) in [5, 5.41) is 14.1. The van der Waals surface area contributed by atoms with Crippen LogP contribution in [0.25, 0.3) is 5.65 Å². The van der Waals surface area contributed by atoms with Gasteiger partial charge < -0.3 is 10.0 Å². The van der Waals surface area contributed by atoms with Gasteiger partial charge in [0.2, 0.25) is 0 Å². The number of pyridine rings is 1. The minimum atomic E-state index is -0.490. The maximum atomic E-state index is 12.7. The van der Waals surface area contributed by atoms with Gasteiger partial charge in [0, 0.05) is 18.9 Å². The van der Waals surface area contributed by atoms with E-state index in [2.05, 4.69) is 10.1 Å². The number of hydrogen-bond donors (Lipinski definition) is 1. The van der Waals surface area contributed by atoms with Crippen molar-refractivity contribution in [1.29, 1.82) is 0 Å². The highest BCUT2D eigenvalue weighted by atomic mass is 16.3. The Kier molecular flexibility index (Phi) is 3.12. The number of rotatable bonds is 1. The molecular formula is C16H15N5O3. The fourth-order valence-electron chi connectivity index (χ4n) is 2.99. The van der Waals surface area contributed by atoms with E-state index >= 15 is 0 Å². The summed E-state index contributed by atoms with van der Waals surface area (Å²) in [5.74, 6) is -0.471. The lowest BCUT2D eigenvalue weighted by molar-refractivity contribution is 0.0703. The van der Waals surface area contributed by atoms with Gasteiger partial charge in [-0.3, -0.25) is 18.7 Å². The second-order valence-electron chi connectivity index (χ2n) is 5.79. The average Bonchev–Trinajstić information content (AvgIpc) is 2.94. The van der Waals surface area contributed by atoms with E-state index in [9.17, 15) is 14.7 Å². The fourth-order valence-corrected chi connectivity index (χ4v) is 2.99. The third-order valence-electron chi connectivity index (χ3n) is 4.15. The van der Waals surface area contributed by atoms with Crippen LogP contribution in [0.2, 0.25) is 0 Å². The Hall–Kier alpha value is -3.16. The number of aromatic hydroxyl groups is 1. The maximum absolute atomic E-state index is 12.7. The van der Waals surface area contributed by atoms with Crippen molar-refractivity contribution < 1.29 is 9.90 Å². The normalized spacial score (nSPS) is 14.0. The fraction of sp³-hybridized carbons (Fsp3) is 0.250. The third-order valence-corrected chi connectivity index (χ3v) is 4.15. The molecule has 0 saturated heterocycles. The molecule has 3 aromatic rings. The number of aryl methyl sites for hydroxylation is 1. The Morgan fingerprint density at radius 2 is 2.17 bits per heavy atom. The van der Waals surface area contributed by atoms with Crippen LogP contribution in [0.4, 0.5) is 0 Å². The smallest absolute Gasteiger partial charge is 0.270 e. The van der Waals surface area contributed by atoms with E-state index in [1.165, 1.54) is 28.9 Å². The molecular weight excluding hydrogens is 310 g/mol. The highest BCUT2D eigenvalue weighted by Gasteiger charge is 2.25. The molecule has 0 fully saturated rings. The van der Waals surface area contributed by atoms with Crippen LogP contribution in [0, 0.1) is 6.92 Å². The molecule has 24 heavy (non-hydrogen) atoms. The van der Waals surface area contributed by atoms with Gasteiger partial charge in [0.1, 0.15) is 5.56 Å². The first-order valence-electron chi connectivity index (χ1n) is 7.56. The molecule has 1 aliphatic heterocycles. The molecule has 8 heteroatoms. The van der Waals surface area contributed by atoms with Gasteiger partial charge in [0.25, 0.3) is 11.5 Å². The van der Waals surface area contributed by atoms with Crippen LogP contribution in [0.1, 0.15) is 21.7 Å². The number of nitrogens with zero attached hydrogens (tertiary/aromatic N) is 5. The van der Waals surface area contributed by atoms with Gasteiger partial charge in [-0.25, -0.2) is 4.98 Å². The molecule has 0 aromatic carbocycles. The minimum Gasteiger partial charge on any atom is -0.504 e. The number of fused-ring (bicyclic) bond motifs is 2. The summed E-state index contributed by atoms with van der Waals surface area (Å²) < 4.78 is 3.06. The lowest BCUT2D eigenvalue weighted by atomic mass is 10.2. The van der Waals surface area contributed by atoms with Crippen LogP contribution >= 0.6 is 0 Å². The maximum Gasteiger partial charge on any atom is 0.270 e. The lowest BCUT2D eigenvalue weighted by Crippen LogP contribution is -2.41. The van der Waals surface area contributed by atoms with Gasteiger partial charge in [-0.1, -0.05) is 0 Å². The van der Waals surface area contributed by atoms with E-state index in [0.717, 1.165) is 11.4 Å². The second-order valence-corrected chi connectivity index (χ2v) is 5.79. The summed E-state index contributed by atoms with van der Waals surface area (Å²) in [7, 11) is 0. The molecule has 0 unspecified atom stereocenters. The van der Waals surface area contributed by atoms with Crippen LogP contribution in [0.3, 0.4) is 0 Å². The number of aromatic nitrogens is 4. The van der Waals surface area contributed by atoms with Crippen LogP contribution < -0.4 is 5.56 Å². The topological polar surface area (TPSA) is 92.7 Å². The average molecular weight is 325 g/mol. The van der Waals surface area contributed by atoms with Crippen molar-refractivity contribution >= 4 is 11.6 Å². The number of hydrogen-bond acceptors (Lipinski definition) is 5. The molecule has 0 spiro atoms. The Morgan fingerprint density at radius 3 is 3.00 bits per heavy atom. The molecule has 0 atom stereocenters. The number of carbonyl (C=O) groups excluding carboxylic acids is 1. The Morgan fingerprint density at radius 1 is 1.33 bits per heavy atom. The summed E-state index contributed by atoms with van der Waals surface area (Å²) in [4.78, 5) is 31.0. The minimum absolute atomic E-state index is 0.0113. The summed E-state index contributed by atoms with van der Waals surface area (Å²) in [5.41, 5.74) is 1.48. The molecule has 3 aromatic heterocycles. The molecule has 1 amide bonds. The van der Waals surface area contributed by atoms with Crippen LogP contribution in [0.5, 0.6) is 5.75 Å². The standard InChI is InChI=1S/C16H15N5O3/c1-10-7-11-9-19(5-6-21(11)18-10)15(23)12-8-17-14-13(22)3-2-4-20(14)16(12)24/h2-4,7-8,22H,5-6,9H2,1H3. The van der Waals surface area contributed by atoms with Gasteiger partial charge in [-0.05, 0) is 25.1 Å². The molecule has 0 radical (unpaired) electrons. The largest absolute Gasteiger partial charge is 0.504 e. The van der Waals surface area contributed by atoms with Gasteiger partial charge in [0.15, 0.2) is 11.4 Å². The van der Waals surface area contributed by atoms with Crippen molar-refractivity contribution in [1.82, 2.24) is 24.1 Å². The van der Waals surface area contributed by atoms with E-state index in [1.54, 1.807) is 4.90 Å². The lowest BCUT2D eigenvalue weighted by Gasteiger charge is -2.27. The zero-order valence-electron chi connectivity index (χ0n) is 13.0. The first-order chi connectivity index (χ1) is 11.5. The Bertz CT molecular complexity index is 1020. The molecule has 1 N–H and O–H groups in total. The van der Waals surface area contributed by atoms with E-state index in [-0.39, 0.29) is 22.9 Å². The first kappa shape index (κ1) is 14.4. The highest BCUT2D eigenvalue weighted by Crippen LogP contribution is 2.16. The monoisotopic (exact) mass is 325 g/mol. The molecule has 8 nitrogen and oxygen atoms in total. The predicted octanol–water partition coefficient (Wildman–Crippen LogP) is 0.561. The van der Waals surface area contributed by atoms with E-state index in [1.807, 2.05) is 17.7 Å². The highest BCUT2D eigenvalue weighted by molar-refractivity contribution is 5.93. The molecule has 4 heterocycles. The van der Waals surface area contributed by atoms with Crippen LogP contribution in [0.15, 0.2) is 35.4 Å². The van der Waals surface area contributed by atoms with Crippen molar-refractivity contribution in [3.63, 3.8) is 0 Å². The zero-order valence-corrected chi connectivity index (χ0v) is 13.0. The van der Waals surface area contributed by atoms with Crippen molar-refractivity contribution in [2.45, 2.75) is 20.0 Å². The van der Waals surface area contributed by atoms with Crippen molar-refractivity contribution in [3.05, 3.63) is 57.9 Å². The van der Waals surface area contributed by atoms with Gasteiger partial charge >= 0.3 is 0 Å². The van der Waals surface area contributed by atoms with E-state index in [4.69, 9.17) is 0 Å². The predicted molar refractivity (Wildman–Crippen MR) is 84.8 cm³/mol. The summed E-state index contributed by atoms with van der Waals surface area (Å²) in [6.07, 6.45) is 2.71. The van der Waals surface area contributed by atoms with Crippen molar-refractivity contribution in [2.75, 3.05) is 6.54 Å². The molecule has 122 valence electrons. The van der Waals surface area contributed by atoms with Crippen LogP contribution in [-0.2, 0) is 13.1 Å². The third kappa shape index (κ3) is 2.15. The van der Waals surface area contributed by atoms with Gasteiger partial charge in [0.05, 0.1) is 24.5 Å². The van der Waals surface area contributed by atoms with Gasteiger partial charge in [-0.15, -0.1) is 0 Å². The molecule has 4 rings (SSSR count).